The van der Waals surface area contributed by atoms with Crippen LogP contribution in [0.25, 0.3) is 0 Å². The predicted octanol–water partition coefficient (Wildman–Crippen LogP) is 2.54. The summed E-state index contributed by atoms with van der Waals surface area (Å²) in [5.74, 6) is 6.12. The molecule has 4 fully saturated rings. The first-order valence-corrected chi connectivity index (χ1v) is 8.28. The number of hydrogen-bond donors (Lipinski definition) is 1. The topological polar surface area (TPSA) is 42.7 Å². The molecule has 1 unspecified atom stereocenters. The zero-order valence-corrected chi connectivity index (χ0v) is 12.6. The second-order valence-electron chi connectivity index (χ2n) is 7.52. The number of nitrogens with zero attached hydrogens (tertiary/aromatic N) is 3. The van der Waals surface area contributed by atoms with Crippen molar-refractivity contribution in [1.82, 2.24) is 20.1 Å². The Hall–Kier alpha value is -0.900. The first-order chi connectivity index (χ1) is 9.70. The molecule has 1 N–H and O–H groups in total. The van der Waals surface area contributed by atoms with Crippen molar-refractivity contribution in [2.45, 2.75) is 45.1 Å². The van der Waals surface area contributed by atoms with E-state index in [0.29, 0.717) is 6.04 Å². The summed E-state index contributed by atoms with van der Waals surface area (Å²) in [5, 5.41) is 11.9. The molecule has 4 heteroatoms. The zero-order chi connectivity index (χ0) is 13.7. The minimum Gasteiger partial charge on any atom is -0.319 e. The Morgan fingerprint density at radius 3 is 2.40 bits per heavy atom. The van der Waals surface area contributed by atoms with Crippen LogP contribution in [0.3, 0.4) is 0 Å². The Bertz CT molecular complexity index is 453. The molecule has 20 heavy (non-hydrogen) atoms. The highest BCUT2D eigenvalue weighted by atomic mass is 15.3. The van der Waals surface area contributed by atoms with Crippen molar-refractivity contribution in [3.63, 3.8) is 0 Å². The Labute approximate surface area is 121 Å². The average molecular weight is 274 g/mol. The van der Waals surface area contributed by atoms with Gasteiger partial charge >= 0.3 is 0 Å². The fraction of sp³-hybridized carbons (Fsp3) is 0.875. The zero-order valence-electron chi connectivity index (χ0n) is 12.6. The summed E-state index contributed by atoms with van der Waals surface area (Å²) in [6.45, 7) is 3.38. The van der Waals surface area contributed by atoms with Crippen molar-refractivity contribution in [3.8, 4) is 0 Å². The normalized spacial score (nSPS) is 40.2. The molecule has 1 heterocycles. The lowest BCUT2D eigenvalue weighted by atomic mass is 9.52. The Kier molecular flexibility index (Phi) is 3.09. The van der Waals surface area contributed by atoms with Gasteiger partial charge in [-0.1, -0.05) is 0 Å². The largest absolute Gasteiger partial charge is 0.319 e. The summed E-state index contributed by atoms with van der Waals surface area (Å²) in [7, 11) is 2.02. The number of nitrogens with one attached hydrogen (secondary N) is 1. The lowest BCUT2D eigenvalue weighted by Gasteiger charge is -2.54. The van der Waals surface area contributed by atoms with E-state index in [9.17, 15) is 0 Å². The molecule has 4 aliphatic carbocycles. The average Bonchev–Trinajstić information content (AvgIpc) is 2.83. The maximum Gasteiger partial charge on any atom is 0.149 e. The molecular formula is C16H26N4. The van der Waals surface area contributed by atoms with Crippen molar-refractivity contribution in [1.29, 1.82) is 0 Å². The summed E-state index contributed by atoms with van der Waals surface area (Å²) in [4.78, 5) is 0. The van der Waals surface area contributed by atoms with E-state index < -0.39 is 0 Å². The fourth-order valence-electron chi connectivity index (χ4n) is 5.46. The fourth-order valence-corrected chi connectivity index (χ4v) is 5.46. The van der Waals surface area contributed by atoms with Crippen LogP contribution in [-0.2, 0) is 7.05 Å². The second kappa shape index (κ2) is 4.83. The van der Waals surface area contributed by atoms with Crippen molar-refractivity contribution in [2.75, 3.05) is 6.54 Å². The molecule has 0 aromatic carbocycles. The van der Waals surface area contributed by atoms with E-state index in [1.54, 1.807) is 12.7 Å². The quantitative estimate of drug-likeness (QED) is 0.917. The first-order valence-electron chi connectivity index (χ1n) is 8.28. The molecule has 0 aliphatic heterocycles. The Morgan fingerprint density at radius 2 is 1.85 bits per heavy atom. The highest BCUT2D eigenvalue weighted by Gasteiger charge is 2.47. The smallest absolute Gasteiger partial charge is 0.149 e. The molecule has 0 saturated heterocycles. The van der Waals surface area contributed by atoms with Crippen LogP contribution in [0.4, 0.5) is 0 Å². The monoisotopic (exact) mass is 274 g/mol. The molecule has 4 bridgehead atoms. The SMILES string of the molecule is CC(NCC1C2CC3CC(C2)CC1C3)c1nncn1C. The highest BCUT2D eigenvalue weighted by molar-refractivity contribution is 5.00. The van der Waals surface area contributed by atoms with E-state index in [1.807, 2.05) is 11.6 Å². The van der Waals surface area contributed by atoms with Gasteiger partial charge in [-0.3, -0.25) is 0 Å². The molecule has 0 amide bonds. The van der Waals surface area contributed by atoms with Gasteiger partial charge in [0.2, 0.25) is 0 Å². The number of aryl methyl sites for hydroxylation is 1. The second-order valence-corrected chi connectivity index (χ2v) is 7.52. The van der Waals surface area contributed by atoms with Crippen LogP contribution >= 0.6 is 0 Å². The Morgan fingerprint density at radius 1 is 1.20 bits per heavy atom. The van der Waals surface area contributed by atoms with Gasteiger partial charge < -0.3 is 9.88 Å². The van der Waals surface area contributed by atoms with Crippen LogP contribution in [0.15, 0.2) is 6.33 Å². The summed E-state index contributed by atoms with van der Waals surface area (Å²) >= 11 is 0. The minimum absolute atomic E-state index is 0.305. The number of aromatic nitrogens is 3. The van der Waals surface area contributed by atoms with Gasteiger partial charge in [-0.25, -0.2) is 0 Å². The third-order valence-electron chi connectivity index (χ3n) is 6.22. The summed E-state index contributed by atoms with van der Waals surface area (Å²) in [6.07, 6.45) is 9.38. The third-order valence-corrected chi connectivity index (χ3v) is 6.22. The van der Waals surface area contributed by atoms with E-state index in [0.717, 1.165) is 35.4 Å². The molecule has 1 aromatic rings. The van der Waals surface area contributed by atoms with Crippen molar-refractivity contribution < 1.29 is 0 Å². The molecule has 5 rings (SSSR count). The van der Waals surface area contributed by atoms with E-state index in [4.69, 9.17) is 0 Å². The maximum atomic E-state index is 4.22. The molecular weight excluding hydrogens is 248 g/mol. The minimum atomic E-state index is 0.305. The summed E-state index contributed by atoms with van der Waals surface area (Å²) in [6, 6.07) is 0.305. The lowest BCUT2D eigenvalue weighted by molar-refractivity contribution is -0.0362. The van der Waals surface area contributed by atoms with Gasteiger partial charge in [-0.15, -0.1) is 10.2 Å². The van der Waals surface area contributed by atoms with Crippen LogP contribution in [-0.4, -0.2) is 21.3 Å². The van der Waals surface area contributed by atoms with Gasteiger partial charge in [-0.05, 0) is 75.2 Å². The van der Waals surface area contributed by atoms with Crippen LogP contribution in [0.5, 0.6) is 0 Å². The molecule has 1 aromatic heterocycles. The van der Waals surface area contributed by atoms with Crippen LogP contribution < -0.4 is 5.32 Å². The molecule has 4 nitrogen and oxygen atoms in total. The number of hydrogen-bond acceptors (Lipinski definition) is 3. The molecule has 0 spiro atoms. The van der Waals surface area contributed by atoms with E-state index in [2.05, 4.69) is 22.4 Å². The molecule has 0 radical (unpaired) electrons. The lowest BCUT2D eigenvalue weighted by Crippen LogP contribution is -2.48. The van der Waals surface area contributed by atoms with Crippen LogP contribution in [0.1, 0.15) is 50.9 Å². The van der Waals surface area contributed by atoms with Gasteiger partial charge in [0.05, 0.1) is 6.04 Å². The molecule has 4 aliphatic rings. The van der Waals surface area contributed by atoms with Gasteiger partial charge in [0.25, 0.3) is 0 Å². The summed E-state index contributed by atoms with van der Waals surface area (Å²) in [5.41, 5.74) is 0. The molecule has 4 saturated carbocycles. The highest BCUT2D eigenvalue weighted by Crippen LogP contribution is 2.56. The maximum absolute atomic E-state index is 4.22. The molecule has 110 valence electrons. The van der Waals surface area contributed by atoms with Crippen molar-refractivity contribution in [2.24, 2.45) is 36.6 Å². The third kappa shape index (κ3) is 2.09. The first kappa shape index (κ1) is 12.8. The van der Waals surface area contributed by atoms with Crippen molar-refractivity contribution >= 4 is 0 Å². The number of rotatable bonds is 4. The van der Waals surface area contributed by atoms with E-state index >= 15 is 0 Å². The summed E-state index contributed by atoms with van der Waals surface area (Å²) < 4.78 is 2.02. The predicted molar refractivity (Wildman–Crippen MR) is 78.0 cm³/mol. The van der Waals surface area contributed by atoms with Crippen LogP contribution in [0, 0.1) is 29.6 Å². The van der Waals surface area contributed by atoms with E-state index in [1.165, 1.54) is 32.2 Å². The van der Waals surface area contributed by atoms with Crippen molar-refractivity contribution in [3.05, 3.63) is 12.2 Å². The van der Waals surface area contributed by atoms with E-state index in [-0.39, 0.29) is 0 Å². The van der Waals surface area contributed by atoms with Gasteiger partial charge in [0.15, 0.2) is 0 Å². The van der Waals surface area contributed by atoms with Crippen LogP contribution in [0.2, 0.25) is 0 Å². The van der Waals surface area contributed by atoms with Gasteiger partial charge in [0.1, 0.15) is 12.2 Å². The van der Waals surface area contributed by atoms with Gasteiger partial charge in [-0.2, -0.15) is 0 Å². The molecule has 1 atom stereocenters. The van der Waals surface area contributed by atoms with Gasteiger partial charge in [0, 0.05) is 7.05 Å². The Balaban J connectivity index is 1.39. The standard InChI is InChI=1S/C16H26N4/c1-10(16-19-18-9-20(16)2)17-8-15-13-4-11-3-12(6-13)7-14(15)5-11/h9-15,17H,3-8H2,1-2H3.